The predicted molar refractivity (Wildman–Crippen MR) is 206 cm³/mol. The number of hydrogen-bond donors (Lipinski definition) is 0. The summed E-state index contributed by atoms with van der Waals surface area (Å²) in [6, 6.07) is 28.8. The Morgan fingerprint density at radius 2 is 1.43 bits per heavy atom. The Labute approximate surface area is 291 Å². The van der Waals surface area contributed by atoms with E-state index in [0.29, 0.717) is 0 Å². The molecule has 7 rings (SSSR count). The number of fused-ring (bicyclic) bond motifs is 3. The summed E-state index contributed by atoms with van der Waals surface area (Å²) >= 11 is 0. The van der Waals surface area contributed by atoms with E-state index < -0.39 is 0 Å². The molecule has 0 radical (unpaired) electrons. The number of anilines is 1. The Morgan fingerprint density at radius 3 is 2.10 bits per heavy atom. The number of para-hydroxylation sites is 1. The van der Waals surface area contributed by atoms with E-state index in [2.05, 4.69) is 175 Å². The molecule has 0 aliphatic carbocycles. The summed E-state index contributed by atoms with van der Waals surface area (Å²) in [7, 11) is 2.09. The molecule has 0 unspecified atom stereocenters. The highest BCUT2D eigenvalue weighted by molar-refractivity contribution is 6.14. The summed E-state index contributed by atoms with van der Waals surface area (Å²) in [5.74, 6) is 2.52. The molecule has 0 saturated carbocycles. The van der Waals surface area contributed by atoms with Gasteiger partial charge >= 0.3 is 0 Å². The highest BCUT2D eigenvalue weighted by Gasteiger charge is 2.23. The lowest BCUT2D eigenvalue weighted by Crippen LogP contribution is -2.22. The first-order chi connectivity index (χ1) is 23.2. The molecule has 1 aliphatic rings. The number of aryl methyl sites for hydroxylation is 3. The number of aromatic nitrogens is 2. The van der Waals surface area contributed by atoms with E-state index in [9.17, 15) is 0 Å². The van der Waals surface area contributed by atoms with Crippen molar-refractivity contribution in [2.75, 3.05) is 18.6 Å². The van der Waals surface area contributed by atoms with Crippen LogP contribution in [0.4, 0.5) is 5.69 Å². The molecule has 6 aromatic rings. The fourth-order valence-electron chi connectivity index (χ4n) is 7.24. The van der Waals surface area contributed by atoms with E-state index in [1.807, 2.05) is 6.20 Å². The van der Waals surface area contributed by atoms with Gasteiger partial charge in [0.1, 0.15) is 17.3 Å². The number of nitrogens with zero attached hydrogens (tertiary/aromatic N) is 4. The lowest BCUT2D eigenvalue weighted by Gasteiger charge is -2.25. The SMILES string of the molecule is Cc1cc(C)c(-c2cccc3c4ccc(Oc5cc(N6C=CN(C)C6)cc(C(C)(C)C)c5)cc4n(-c4cc(C(C)(C)C)ccn4)c23)c(C)c1. The minimum atomic E-state index is -0.0355. The summed E-state index contributed by atoms with van der Waals surface area (Å²) in [5.41, 5.74) is 12.1. The topological polar surface area (TPSA) is 33.5 Å². The Morgan fingerprint density at radius 1 is 0.694 bits per heavy atom. The largest absolute Gasteiger partial charge is 0.457 e. The number of ether oxygens (including phenoxy) is 1. The zero-order chi connectivity index (χ0) is 34.8. The van der Waals surface area contributed by atoms with Crippen molar-refractivity contribution >= 4 is 27.5 Å². The van der Waals surface area contributed by atoms with Crippen LogP contribution in [0.5, 0.6) is 11.5 Å². The van der Waals surface area contributed by atoms with E-state index in [4.69, 9.17) is 9.72 Å². The van der Waals surface area contributed by atoms with Crippen molar-refractivity contribution in [2.45, 2.75) is 73.1 Å². The van der Waals surface area contributed by atoms with Crippen LogP contribution in [0.2, 0.25) is 0 Å². The first-order valence-corrected chi connectivity index (χ1v) is 17.3. The molecule has 5 nitrogen and oxygen atoms in total. The number of rotatable bonds is 5. The lowest BCUT2D eigenvalue weighted by atomic mass is 9.86. The molecule has 3 heterocycles. The minimum absolute atomic E-state index is 0.0210. The number of hydrogen-bond acceptors (Lipinski definition) is 4. The van der Waals surface area contributed by atoms with Crippen LogP contribution in [0.15, 0.2) is 97.5 Å². The van der Waals surface area contributed by atoms with Gasteiger partial charge in [0, 0.05) is 59.8 Å². The van der Waals surface area contributed by atoms with E-state index >= 15 is 0 Å². The van der Waals surface area contributed by atoms with Crippen molar-refractivity contribution in [3.63, 3.8) is 0 Å². The molecule has 1 aliphatic heterocycles. The fourth-order valence-corrected chi connectivity index (χ4v) is 7.24. The molecule has 0 N–H and O–H groups in total. The second-order valence-electron chi connectivity index (χ2n) is 15.9. The van der Waals surface area contributed by atoms with Gasteiger partial charge in [-0.25, -0.2) is 4.98 Å². The molecule has 0 amide bonds. The molecule has 2 aromatic heterocycles. The second kappa shape index (κ2) is 11.8. The highest BCUT2D eigenvalue weighted by atomic mass is 16.5. The number of benzene rings is 4. The van der Waals surface area contributed by atoms with Crippen LogP contribution in [-0.2, 0) is 10.8 Å². The van der Waals surface area contributed by atoms with Crippen molar-refractivity contribution in [3.8, 4) is 28.4 Å². The van der Waals surface area contributed by atoms with Gasteiger partial charge in [-0.3, -0.25) is 4.57 Å². The van der Waals surface area contributed by atoms with E-state index in [1.54, 1.807) is 0 Å². The molecule has 0 fully saturated rings. The van der Waals surface area contributed by atoms with Gasteiger partial charge < -0.3 is 14.5 Å². The van der Waals surface area contributed by atoms with Gasteiger partial charge in [-0.2, -0.15) is 0 Å². The standard InChI is InChI=1S/C44H48N4O/c1-28-20-29(2)41(30(3)21-28)38-13-11-12-37-36-15-14-34(26-39(36)48(42(37)38)40-24-31(16-17-45-40)43(4,5)6)49-35-23-32(44(7,8)9)22-33(25-35)47-19-18-46(10)27-47/h11-26H,27H2,1-10H3. The van der Waals surface area contributed by atoms with Crippen LogP contribution in [0.1, 0.15) is 69.4 Å². The Hall–Kier alpha value is -5.03. The normalized spacial score (nSPS) is 13.7. The van der Waals surface area contributed by atoms with Gasteiger partial charge in [0.05, 0.1) is 17.7 Å². The van der Waals surface area contributed by atoms with Crippen molar-refractivity contribution in [3.05, 3.63) is 125 Å². The van der Waals surface area contributed by atoms with E-state index in [1.165, 1.54) is 49.7 Å². The van der Waals surface area contributed by atoms with E-state index in [0.717, 1.165) is 40.7 Å². The average molecular weight is 649 g/mol. The van der Waals surface area contributed by atoms with E-state index in [-0.39, 0.29) is 10.8 Å². The first kappa shape index (κ1) is 32.5. The summed E-state index contributed by atoms with van der Waals surface area (Å²) in [4.78, 5) is 9.44. The molecule has 49 heavy (non-hydrogen) atoms. The Balaban J connectivity index is 1.46. The maximum atomic E-state index is 6.78. The highest BCUT2D eigenvalue weighted by Crippen LogP contribution is 2.42. The van der Waals surface area contributed by atoms with Crippen LogP contribution in [0.3, 0.4) is 0 Å². The molecule has 0 spiro atoms. The molecule has 250 valence electrons. The van der Waals surface area contributed by atoms with Gasteiger partial charge in [-0.1, -0.05) is 77.4 Å². The van der Waals surface area contributed by atoms with Gasteiger partial charge in [0.25, 0.3) is 0 Å². The first-order valence-electron chi connectivity index (χ1n) is 17.3. The minimum Gasteiger partial charge on any atom is -0.457 e. The van der Waals surface area contributed by atoms with Crippen LogP contribution < -0.4 is 9.64 Å². The van der Waals surface area contributed by atoms with Gasteiger partial charge in [-0.05, 0) is 95.8 Å². The van der Waals surface area contributed by atoms with Crippen molar-refractivity contribution in [1.82, 2.24) is 14.5 Å². The fraction of sp³-hybridized carbons (Fsp3) is 0.295. The molecule has 0 bridgehead atoms. The average Bonchev–Trinajstić information content (AvgIpc) is 3.61. The summed E-state index contributed by atoms with van der Waals surface area (Å²) < 4.78 is 9.13. The van der Waals surface area contributed by atoms with Crippen LogP contribution in [0.25, 0.3) is 38.8 Å². The predicted octanol–water partition coefficient (Wildman–Crippen LogP) is 11.3. The Kier molecular flexibility index (Phi) is 7.85. The van der Waals surface area contributed by atoms with Crippen LogP contribution >= 0.6 is 0 Å². The summed E-state index contributed by atoms with van der Waals surface area (Å²) in [5, 5.41) is 2.37. The lowest BCUT2D eigenvalue weighted by molar-refractivity contribution is 0.477. The van der Waals surface area contributed by atoms with Crippen LogP contribution in [0, 0.1) is 20.8 Å². The number of pyridine rings is 1. The Bertz CT molecular complexity index is 2240. The zero-order valence-corrected chi connectivity index (χ0v) is 30.6. The van der Waals surface area contributed by atoms with Gasteiger partial charge in [0.15, 0.2) is 0 Å². The summed E-state index contributed by atoms with van der Waals surface area (Å²) in [6.45, 7) is 20.9. The second-order valence-corrected chi connectivity index (χ2v) is 15.9. The molecule has 4 aromatic carbocycles. The van der Waals surface area contributed by atoms with Gasteiger partial charge in [-0.15, -0.1) is 0 Å². The maximum absolute atomic E-state index is 6.78. The molecular weight excluding hydrogens is 601 g/mol. The smallest absolute Gasteiger partial charge is 0.137 e. The van der Waals surface area contributed by atoms with Gasteiger partial charge in [0.2, 0.25) is 0 Å². The monoisotopic (exact) mass is 648 g/mol. The molecule has 0 saturated heterocycles. The maximum Gasteiger partial charge on any atom is 0.137 e. The molecule has 5 heteroatoms. The summed E-state index contributed by atoms with van der Waals surface area (Å²) in [6.07, 6.45) is 6.18. The quantitative estimate of drug-likeness (QED) is 0.186. The van der Waals surface area contributed by atoms with Crippen molar-refractivity contribution in [2.24, 2.45) is 0 Å². The third kappa shape index (κ3) is 6.07. The van der Waals surface area contributed by atoms with Crippen molar-refractivity contribution < 1.29 is 4.74 Å². The van der Waals surface area contributed by atoms with Crippen LogP contribution in [-0.4, -0.2) is 28.2 Å². The van der Waals surface area contributed by atoms with Crippen molar-refractivity contribution in [1.29, 1.82) is 0 Å². The molecular formula is C44H48N4O. The molecule has 0 atom stereocenters. The third-order valence-corrected chi connectivity index (χ3v) is 9.75. The third-order valence-electron chi connectivity index (χ3n) is 9.75. The zero-order valence-electron chi connectivity index (χ0n) is 30.6.